The van der Waals surface area contributed by atoms with Gasteiger partial charge in [-0.15, -0.1) is 0 Å². The van der Waals surface area contributed by atoms with Gasteiger partial charge in [0.05, 0.1) is 17.8 Å². The van der Waals surface area contributed by atoms with Crippen LogP contribution in [-0.4, -0.2) is 55.1 Å². The van der Waals surface area contributed by atoms with E-state index in [9.17, 15) is 31.9 Å². The minimum Gasteiger partial charge on any atom is -0.469 e. The molecule has 0 unspecified atom stereocenters. The number of nitrogens with one attached hydrogen (secondary N) is 3. The molecule has 270 valence electrons. The second-order valence-corrected chi connectivity index (χ2v) is 12.5. The van der Waals surface area contributed by atoms with Gasteiger partial charge in [-0.2, -0.15) is 17.6 Å². The molecule has 15 heteroatoms. The summed E-state index contributed by atoms with van der Waals surface area (Å²) in [5.41, 5.74) is -1.13. The van der Waals surface area contributed by atoms with Crippen molar-refractivity contribution >= 4 is 29.5 Å². The first kappa shape index (κ1) is 38.3. The lowest BCUT2D eigenvalue weighted by Gasteiger charge is -2.36. The number of methoxy groups -OCH3 is 1. The van der Waals surface area contributed by atoms with Gasteiger partial charge in [0, 0.05) is 43.6 Å². The van der Waals surface area contributed by atoms with Crippen molar-refractivity contribution in [2.24, 2.45) is 5.92 Å². The molecule has 1 heterocycles. The largest absolute Gasteiger partial charge is 0.469 e. The van der Waals surface area contributed by atoms with Crippen molar-refractivity contribution in [1.82, 2.24) is 20.9 Å². The minimum atomic E-state index is -4.92. The monoisotopic (exact) mass is 724 g/mol. The van der Waals surface area contributed by atoms with E-state index < -0.39 is 41.7 Å². The first-order valence-corrected chi connectivity index (χ1v) is 16.4. The molecular formula is C35H38ClF5N4O5. The van der Waals surface area contributed by atoms with E-state index in [1.54, 1.807) is 30.3 Å². The third kappa shape index (κ3) is 10.5. The lowest BCUT2D eigenvalue weighted by atomic mass is 9.80. The number of hydrogen-bond acceptors (Lipinski definition) is 6. The average Bonchev–Trinajstić information content (AvgIpc) is 3.54. The summed E-state index contributed by atoms with van der Waals surface area (Å²) in [6.45, 7) is 0.438. The minimum absolute atomic E-state index is 0.0840. The van der Waals surface area contributed by atoms with Gasteiger partial charge in [0.15, 0.2) is 0 Å². The standard InChI is InChI=1S/C35H38ClF5N4O5/c1-49-30(46)10-6-3-7-15-42-31(47)23-11-13-27(16-23)44-33(48)45-34(20-22-8-4-2-5-9-22,29-14-12-25(36)21-43-29)24-17-26(37)19-28(18-24)50-35(40,41)32(38)39/h2,4-5,8-9,12,14,17-19,21,23,27,32H,3,6-7,10-11,13,15-16,20H2,1H3,(H,42,47)(H2,44,45,48)/t23-,27+,34-/m0/s1. The van der Waals surface area contributed by atoms with E-state index in [-0.39, 0.29) is 40.5 Å². The van der Waals surface area contributed by atoms with E-state index in [2.05, 4.69) is 30.4 Å². The third-order valence-corrected chi connectivity index (χ3v) is 8.62. The van der Waals surface area contributed by atoms with Crippen molar-refractivity contribution in [2.45, 2.75) is 75.5 Å². The van der Waals surface area contributed by atoms with Crippen molar-refractivity contribution in [1.29, 1.82) is 0 Å². The van der Waals surface area contributed by atoms with Crippen LogP contribution in [0.15, 0.2) is 66.9 Å². The van der Waals surface area contributed by atoms with Gasteiger partial charge >= 0.3 is 24.5 Å². The number of nitrogens with zero attached hydrogens (tertiary/aromatic N) is 1. The van der Waals surface area contributed by atoms with Crippen molar-refractivity contribution in [3.8, 4) is 5.75 Å². The topological polar surface area (TPSA) is 119 Å². The van der Waals surface area contributed by atoms with Crippen LogP contribution in [0.4, 0.5) is 26.7 Å². The number of ether oxygens (including phenoxy) is 2. The van der Waals surface area contributed by atoms with E-state index in [1.165, 1.54) is 25.4 Å². The summed E-state index contributed by atoms with van der Waals surface area (Å²) in [7, 11) is 1.33. The number of amides is 3. The van der Waals surface area contributed by atoms with Gasteiger partial charge in [0.1, 0.15) is 17.1 Å². The number of benzene rings is 2. The fourth-order valence-corrected chi connectivity index (χ4v) is 6.03. The maximum Gasteiger partial charge on any atom is 0.461 e. The second-order valence-electron chi connectivity index (χ2n) is 12.1. The van der Waals surface area contributed by atoms with Crippen LogP contribution in [0.25, 0.3) is 0 Å². The molecular weight excluding hydrogens is 687 g/mol. The third-order valence-electron chi connectivity index (χ3n) is 8.40. The van der Waals surface area contributed by atoms with Gasteiger partial charge in [-0.3, -0.25) is 14.6 Å². The number of carbonyl (C=O) groups excluding carboxylic acids is 3. The number of aromatic nitrogens is 1. The number of rotatable bonds is 16. The SMILES string of the molecule is COC(=O)CCCCCNC(=O)[C@H]1CC[C@@H](NC(=O)N[C@@](Cc2ccccc2)(c2cc(F)cc(OC(F)(F)C(F)F)c2)c2ccc(Cl)cn2)C1. The predicted molar refractivity (Wildman–Crippen MR) is 174 cm³/mol. The number of halogens is 6. The molecule has 3 atom stereocenters. The number of esters is 1. The Bertz CT molecular complexity index is 1600. The summed E-state index contributed by atoms with van der Waals surface area (Å²) >= 11 is 6.10. The fourth-order valence-electron chi connectivity index (χ4n) is 5.92. The molecule has 3 aromatic rings. The number of hydrogen-bond donors (Lipinski definition) is 3. The summed E-state index contributed by atoms with van der Waals surface area (Å²) in [5.74, 6) is -2.79. The highest BCUT2D eigenvalue weighted by molar-refractivity contribution is 6.30. The van der Waals surface area contributed by atoms with E-state index in [4.69, 9.17) is 11.6 Å². The van der Waals surface area contributed by atoms with E-state index in [0.717, 1.165) is 18.6 Å². The fraction of sp³-hybridized carbons (Fsp3) is 0.429. The van der Waals surface area contributed by atoms with Gasteiger partial charge in [-0.25, -0.2) is 9.18 Å². The van der Waals surface area contributed by atoms with Crippen molar-refractivity contribution in [3.05, 3.63) is 94.5 Å². The van der Waals surface area contributed by atoms with Gasteiger partial charge in [-0.05, 0) is 67.5 Å². The molecule has 1 aromatic heterocycles. The number of carbonyl (C=O) groups is 3. The quantitative estimate of drug-likeness (QED) is 0.0840. The van der Waals surface area contributed by atoms with Gasteiger partial charge in [-0.1, -0.05) is 48.4 Å². The number of unbranched alkanes of at least 4 members (excludes halogenated alkanes) is 2. The van der Waals surface area contributed by atoms with Crippen LogP contribution < -0.4 is 20.7 Å². The first-order chi connectivity index (χ1) is 23.8. The van der Waals surface area contributed by atoms with Crippen LogP contribution in [0.2, 0.25) is 5.02 Å². The molecule has 0 aliphatic heterocycles. The van der Waals surface area contributed by atoms with Crippen LogP contribution in [0, 0.1) is 11.7 Å². The molecule has 50 heavy (non-hydrogen) atoms. The van der Waals surface area contributed by atoms with Gasteiger partial charge in [0.25, 0.3) is 0 Å². The van der Waals surface area contributed by atoms with E-state index in [0.29, 0.717) is 56.7 Å². The number of alkyl halides is 4. The Morgan fingerprint density at radius 3 is 2.46 bits per heavy atom. The average molecular weight is 725 g/mol. The number of urea groups is 1. The van der Waals surface area contributed by atoms with Crippen molar-refractivity contribution in [3.63, 3.8) is 0 Å². The second kappa shape index (κ2) is 17.5. The Morgan fingerprint density at radius 1 is 1.02 bits per heavy atom. The Morgan fingerprint density at radius 2 is 1.78 bits per heavy atom. The Balaban J connectivity index is 1.56. The molecule has 0 bridgehead atoms. The maximum absolute atomic E-state index is 15.1. The predicted octanol–water partition coefficient (Wildman–Crippen LogP) is 6.91. The highest BCUT2D eigenvalue weighted by atomic mass is 35.5. The van der Waals surface area contributed by atoms with Crippen molar-refractivity contribution < 1.29 is 45.8 Å². The molecule has 1 aliphatic rings. The molecule has 0 radical (unpaired) electrons. The summed E-state index contributed by atoms with van der Waals surface area (Å²) in [5, 5.41) is 8.86. The highest BCUT2D eigenvalue weighted by Gasteiger charge is 2.45. The van der Waals surface area contributed by atoms with Crippen molar-refractivity contribution in [2.75, 3.05) is 13.7 Å². The molecule has 1 saturated carbocycles. The molecule has 2 aromatic carbocycles. The lowest BCUT2D eigenvalue weighted by molar-refractivity contribution is -0.253. The summed E-state index contributed by atoms with van der Waals surface area (Å²) in [6.07, 6.45) is -4.19. The summed E-state index contributed by atoms with van der Waals surface area (Å²) in [6, 6.07) is 12.9. The van der Waals surface area contributed by atoms with Crippen LogP contribution in [0.5, 0.6) is 5.75 Å². The molecule has 9 nitrogen and oxygen atoms in total. The zero-order valence-electron chi connectivity index (χ0n) is 27.2. The Hall–Kier alpha value is -4.46. The van der Waals surface area contributed by atoms with Crippen LogP contribution in [0.1, 0.15) is 61.8 Å². The van der Waals surface area contributed by atoms with E-state index >= 15 is 4.39 Å². The lowest BCUT2D eigenvalue weighted by Crippen LogP contribution is -2.54. The normalized spacial score (nSPS) is 17.1. The molecule has 0 saturated heterocycles. The molecule has 1 aliphatic carbocycles. The van der Waals surface area contributed by atoms with Gasteiger partial charge in [0.2, 0.25) is 5.91 Å². The molecule has 4 rings (SSSR count). The molecule has 3 amide bonds. The number of pyridine rings is 1. The zero-order valence-corrected chi connectivity index (χ0v) is 28.0. The highest BCUT2D eigenvalue weighted by Crippen LogP contribution is 2.37. The van der Waals surface area contributed by atoms with E-state index in [1.807, 2.05) is 0 Å². The first-order valence-electron chi connectivity index (χ1n) is 16.1. The maximum atomic E-state index is 15.1. The Labute approximate surface area is 291 Å². The van der Waals surface area contributed by atoms with Crippen LogP contribution in [-0.2, 0) is 26.3 Å². The zero-order chi connectivity index (χ0) is 36.3. The smallest absolute Gasteiger partial charge is 0.461 e. The van der Waals surface area contributed by atoms with Crippen LogP contribution >= 0.6 is 11.6 Å². The molecule has 1 fully saturated rings. The summed E-state index contributed by atoms with van der Waals surface area (Å²) < 4.78 is 77.9. The van der Waals surface area contributed by atoms with Crippen LogP contribution in [0.3, 0.4) is 0 Å². The molecule has 0 spiro atoms. The Kier molecular flexibility index (Phi) is 13.4. The molecule has 3 N–H and O–H groups in total. The summed E-state index contributed by atoms with van der Waals surface area (Å²) in [4.78, 5) is 42.2. The van der Waals surface area contributed by atoms with Gasteiger partial charge < -0.3 is 25.4 Å².